The Kier molecular flexibility index (Phi) is 7.74. The van der Waals surface area contributed by atoms with E-state index in [4.69, 9.17) is 18.9 Å². The van der Waals surface area contributed by atoms with Crippen molar-refractivity contribution in [3.05, 3.63) is 71.8 Å². The van der Waals surface area contributed by atoms with E-state index in [0.717, 1.165) is 11.1 Å². The number of aliphatic hydroxyl groups is 2. The molecule has 1 aliphatic rings. The Hall–Kier alpha value is -2.29. The van der Waals surface area contributed by atoms with Gasteiger partial charge in [-0.3, -0.25) is 4.79 Å². The maximum atomic E-state index is 11.2. The van der Waals surface area contributed by atoms with E-state index < -0.39 is 36.7 Å². The molecule has 0 radical (unpaired) electrons. The van der Waals surface area contributed by atoms with Gasteiger partial charge in [-0.1, -0.05) is 60.7 Å². The molecule has 0 saturated carbocycles. The van der Waals surface area contributed by atoms with Crippen molar-refractivity contribution in [1.29, 1.82) is 0 Å². The first kappa shape index (κ1) is 21.4. The number of aliphatic hydroxyl groups excluding tert-OH is 2. The van der Waals surface area contributed by atoms with Gasteiger partial charge in [-0.15, -0.1) is 0 Å². The van der Waals surface area contributed by atoms with Gasteiger partial charge in [0.2, 0.25) is 0 Å². The van der Waals surface area contributed by atoms with Crippen LogP contribution in [0.5, 0.6) is 0 Å². The summed E-state index contributed by atoms with van der Waals surface area (Å²) in [4.78, 5) is 11.2. The van der Waals surface area contributed by atoms with Crippen molar-refractivity contribution in [2.45, 2.75) is 50.8 Å². The molecule has 0 bridgehead atoms. The first-order valence-electron chi connectivity index (χ1n) is 9.50. The zero-order chi connectivity index (χ0) is 20.6. The van der Waals surface area contributed by atoms with Crippen molar-refractivity contribution in [2.75, 3.05) is 6.61 Å². The largest absolute Gasteiger partial charge is 0.463 e. The van der Waals surface area contributed by atoms with Gasteiger partial charge in [0.15, 0.2) is 6.29 Å². The normalized spacial score (nSPS) is 26.8. The first-order chi connectivity index (χ1) is 14.0. The molecule has 29 heavy (non-hydrogen) atoms. The summed E-state index contributed by atoms with van der Waals surface area (Å²) in [5, 5.41) is 21.2. The monoisotopic (exact) mass is 402 g/mol. The Labute approximate surface area is 169 Å². The molecule has 0 aromatic heterocycles. The third-order valence-corrected chi connectivity index (χ3v) is 4.66. The van der Waals surface area contributed by atoms with Crippen molar-refractivity contribution in [1.82, 2.24) is 0 Å². The van der Waals surface area contributed by atoms with Crippen LogP contribution >= 0.6 is 0 Å². The van der Waals surface area contributed by atoms with Crippen LogP contribution in [-0.2, 0) is 37.0 Å². The van der Waals surface area contributed by atoms with Gasteiger partial charge in [-0.2, -0.15) is 0 Å². The van der Waals surface area contributed by atoms with E-state index in [1.165, 1.54) is 6.92 Å². The van der Waals surface area contributed by atoms with Crippen molar-refractivity contribution in [3.63, 3.8) is 0 Å². The topological polar surface area (TPSA) is 94.5 Å². The predicted octanol–water partition coefficient (Wildman–Crippen LogP) is 1.80. The molecule has 1 heterocycles. The molecule has 156 valence electrons. The van der Waals surface area contributed by atoms with Crippen LogP contribution in [0.2, 0.25) is 0 Å². The lowest BCUT2D eigenvalue weighted by molar-refractivity contribution is -0.307. The highest BCUT2D eigenvalue weighted by Gasteiger charge is 2.46. The van der Waals surface area contributed by atoms with Crippen molar-refractivity contribution in [3.8, 4) is 0 Å². The summed E-state index contributed by atoms with van der Waals surface area (Å²) in [5.41, 5.74) is 1.81. The van der Waals surface area contributed by atoms with E-state index in [0.29, 0.717) is 0 Å². The highest BCUT2D eigenvalue weighted by molar-refractivity contribution is 5.65. The molecule has 7 nitrogen and oxygen atoms in total. The second-order valence-electron chi connectivity index (χ2n) is 6.88. The van der Waals surface area contributed by atoms with E-state index >= 15 is 0 Å². The maximum Gasteiger partial charge on any atom is 0.302 e. The molecule has 3 rings (SSSR count). The minimum Gasteiger partial charge on any atom is -0.463 e. The van der Waals surface area contributed by atoms with Gasteiger partial charge < -0.3 is 29.2 Å². The smallest absolute Gasteiger partial charge is 0.302 e. The molecule has 1 saturated heterocycles. The number of carbonyl (C=O) groups excluding carboxylic acids is 1. The zero-order valence-corrected chi connectivity index (χ0v) is 16.2. The van der Waals surface area contributed by atoms with Crippen LogP contribution in [0.3, 0.4) is 0 Å². The Balaban J connectivity index is 1.68. The van der Waals surface area contributed by atoms with Crippen molar-refractivity contribution in [2.24, 2.45) is 0 Å². The summed E-state index contributed by atoms with van der Waals surface area (Å²) in [6.07, 6.45) is -5.25. The van der Waals surface area contributed by atoms with Crippen LogP contribution in [0.25, 0.3) is 0 Å². The lowest BCUT2D eigenvalue weighted by atomic mass is 9.98. The van der Waals surface area contributed by atoms with Crippen LogP contribution in [-0.4, -0.2) is 53.5 Å². The molecule has 0 unspecified atom stereocenters. The molecule has 1 fully saturated rings. The van der Waals surface area contributed by atoms with E-state index in [-0.39, 0.29) is 19.8 Å². The number of hydrogen-bond acceptors (Lipinski definition) is 7. The molecule has 7 heteroatoms. The summed E-state index contributed by atoms with van der Waals surface area (Å²) in [6, 6.07) is 18.9. The van der Waals surface area contributed by atoms with Gasteiger partial charge in [-0.25, -0.2) is 0 Å². The van der Waals surface area contributed by atoms with Crippen LogP contribution in [0.15, 0.2) is 60.7 Å². The molecular weight excluding hydrogens is 376 g/mol. The lowest BCUT2D eigenvalue weighted by Gasteiger charge is -2.42. The number of rotatable bonds is 8. The van der Waals surface area contributed by atoms with Crippen molar-refractivity contribution >= 4 is 5.97 Å². The van der Waals surface area contributed by atoms with Gasteiger partial charge in [0.1, 0.15) is 31.0 Å². The van der Waals surface area contributed by atoms with Gasteiger partial charge >= 0.3 is 5.97 Å². The fourth-order valence-electron chi connectivity index (χ4n) is 3.16. The third-order valence-electron chi connectivity index (χ3n) is 4.66. The number of ether oxygens (including phenoxy) is 4. The Morgan fingerprint density at radius 3 is 1.93 bits per heavy atom. The highest BCUT2D eigenvalue weighted by atomic mass is 16.7. The molecule has 0 aliphatic carbocycles. The van der Waals surface area contributed by atoms with Crippen LogP contribution < -0.4 is 0 Å². The molecule has 2 aromatic rings. The van der Waals surface area contributed by atoms with E-state index in [2.05, 4.69) is 0 Å². The molecule has 1 aliphatic heterocycles. The van der Waals surface area contributed by atoms with E-state index in [9.17, 15) is 15.0 Å². The summed E-state index contributed by atoms with van der Waals surface area (Å²) in [6.45, 7) is 1.56. The second kappa shape index (κ2) is 10.5. The van der Waals surface area contributed by atoms with Gasteiger partial charge in [0.25, 0.3) is 0 Å². The molecular formula is C22H26O7. The quantitative estimate of drug-likeness (QED) is 0.650. The summed E-state index contributed by atoms with van der Waals surface area (Å²) in [5.74, 6) is -0.484. The third kappa shape index (κ3) is 6.09. The SMILES string of the molecule is CC(=O)OC[C@H]1O[C@@H](O)[C@H](OCc2ccccc2)[C@@H](O)[C@H]1OCc1ccccc1. The average Bonchev–Trinajstić information content (AvgIpc) is 2.73. The second-order valence-corrected chi connectivity index (χ2v) is 6.88. The number of hydrogen-bond donors (Lipinski definition) is 2. The molecule has 2 N–H and O–H groups in total. The first-order valence-corrected chi connectivity index (χ1v) is 9.50. The summed E-state index contributed by atoms with van der Waals surface area (Å²) < 4.78 is 22.2. The fraction of sp³-hybridized carbons (Fsp3) is 0.409. The zero-order valence-electron chi connectivity index (χ0n) is 16.2. The maximum absolute atomic E-state index is 11.2. The number of esters is 1. The predicted molar refractivity (Wildman–Crippen MR) is 104 cm³/mol. The number of benzene rings is 2. The van der Waals surface area contributed by atoms with Crippen LogP contribution in [0.4, 0.5) is 0 Å². The lowest BCUT2D eigenvalue weighted by Crippen LogP contribution is -2.60. The fourth-order valence-corrected chi connectivity index (χ4v) is 3.16. The van der Waals surface area contributed by atoms with Crippen LogP contribution in [0, 0.1) is 0 Å². The van der Waals surface area contributed by atoms with E-state index in [1.54, 1.807) is 0 Å². The molecule has 0 spiro atoms. The Morgan fingerprint density at radius 1 is 0.897 bits per heavy atom. The van der Waals surface area contributed by atoms with Gasteiger partial charge in [0.05, 0.1) is 13.2 Å². The highest BCUT2D eigenvalue weighted by Crippen LogP contribution is 2.26. The van der Waals surface area contributed by atoms with Gasteiger partial charge in [0, 0.05) is 6.92 Å². The number of carbonyl (C=O) groups is 1. The van der Waals surface area contributed by atoms with Crippen molar-refractivity contribution < 1.29 is 34.0 Å². The Bertz CT molecular complexity index is 752. The Morgan fingerprint density at radius 2 is 1.41 bits per heavy atom. The minimum absolute atomic E-state index is 0.145. The minimum atomic E-state index is -1.38. The molecule has 0 amide bonds. The summed E-state index contributed by atoms with van der Waals surface area (Å²) in [7, 11) is 0. The van der Waals surface area contributed by atoms with E-state index in [1.807, 2.05) is 60.7 Å². The standard InChI is InChI=1S/C22H26O7/c1-15(23)26-14-18-20(27-12-16-8-4-2-5-9-16)19(24)21(22(25)29-18)28-13-17-10-6-3-7-11-17/h2-11,18-22,24-25H,12-14H2,1H3/t18-,19+,20+,21-,22-/m1/s1. The molecule has 2 aromatic carbocycles. The molecule has 5 atom stereocenters. The average molecular weight is 402 g/mol. The summed E-state index contributed by atoms with van der Waals surface area (Å²) >= 11 is 0. The van der Waals surface area contributed by atoms with Gasteiger partial charge in [-0.05, 0) is 11.1 Å². The van der Waals surface area contributed by atoms with Crippen LogP contribution in [0.1, 0.15) is 18.1 Å².